The highest BCUT2D eigenvalue weighted by atomic mass is 35.5. The molecule has 1 aromatic carbocycles. The van der Waals surface area contributed by atoms with Gasteiger partial charge in [-0.1, -0.05) is 34.5 Å². The third-order valence-corrected chi connectivity index (χ3v) is 3.51. The zero-order valence-corrected chi connectivity index (χ0v) is 11.7. The lowest BCUT2D eigenvalue weighted by Crippen LogP contribution is -1.99. The van der Waals surface area contributed by atoms with Crippen LogP contribution in [0.4, 0.5) is 5.13 Å². The Balaban J connectivity index is 1.78. The van der Waals surface area contributed by atoms with Crippen LogP contribution in [0.25, 0.3) is 0 Å². The van der Waals surface area contributed by atoms with Gasteiger partial charge in [0.05, 0.1) is 11.6 Å². The number of aromatic nitrogens is 2. The lowest BCUT2D eigenvalue weighted by atomic mass is 10.3. The highest BCUT2D eigenvalue weighted by Gasteiger charge is 2.04. The van der Waals surface area contributed by atoms with Gasteiger partial charge in [-0.25, -0.2) is 0 Å². The summed E-state index contributed by atoms with van der Waals surface area (Å²) in [4.78, 5) is 0. The van der Waals surface area contributed by atoms with Crippen molar-refractivity contribution in [2.75, 3.05) is 12.3 Å². The molecule has 0 atom stereocenters. The quantitative estimate of drug-likeness (QED) is 0.860. The summed E-state index contributed by atoms with van der Waals surface area (Å²) >= 11 is 13.2. The van der Waals surface area contributed by atoms with Crippen molar-refractivity contribution in [1.29, 1.82) is 0 Å². The van der Waals surface area contributed by atoms with Crippen molar-refractivity contribution in [3.05, 3.63) is 33.3 Å². The van der Waals surface area contributed by atoms with Gasteiger partial charge in [0.15, 0.2) is 0 Å². The fourth-order valence-corrected chi connectivity index (χ4v) is 2.48. The molecular weight excluding hydrogens is 293 g/mol. The van der Waals surface area contributed by atoms with E-state index in [2.05, 4.69) is 10.2 Å². The first kappa shape index (κ1) is 13.4. The summed E-state index contributed by atoms with van der Waals surface area (Å²) in [6.45, 7) is 0.556. The van der Waals surface area contributed by atoms with Crippen LogP contribution in [0.3, 0.4) is 0 Å². The summed E-state index contributed by atoms with van der Waals surface area (Å²) in [5.41, 5.74) is 5.49. The molecular formula is C11H11Cl2N3OS. The lowest BCUT2D eigenvalue weighted by molar-refractivity contribution is 0.311. The Hall–Kier alpha value is -1.04. The summed E-state index contributed by atoms with van der Waals surface area (Å²) in [6, 6.07) is 5.16. The molecule has 0 aliphatic rings. The van der Waals surface area contributed by atoms with Gasteiger partial charge >= 0.3 is 0 Å². The van der Waals surface area contributed by atoms with Gasteiger partial charge in [-0.3, -0.25) is 0 Å². The minimum absolute atomic E-state index is 0.492. The zero-order chi connectivity index (χ0) is 13.0. The number of nitrogen functional groups attached to an aromatic ring is 1. The first-order chi connectivity index (χ1) is 8.65. The average Bonchev–Trinajstić information content (AvgIpc) is 2.73. The predicted octanol–water partition coefficient (Wildman–Crippen LogP) is 3.44. The average molecular weight is 304 g/mol. The van der Waals surface area contributed by atoms with E-state index in [1.807, 2.05) is 0 Å². The molecule has 0 amide bonds. The number of aryl methyl sites for hydroxylation is 1. The van der Waals surface area contributed by atoms with Crippen LogP contribution in [0, 0.1) is 0 Å². The van der Waals surface area contributed by atoms with Gasteiger partial charge in [-0.05, 0) is 24.6 Å². The molecule has 0 saturated heterocycles. The molecule has 18 heavy (non-hydrogen) atoms. The van der Waals surface area contributed by atoms with Crippen LogP contribution in [0.1, 0.15) is 11.4 Å². The number of anilines is 1. The SMILES string of the molecule is Nc1nnc(CCCOc2ccc(Cl)cc2Cl)s1. The van der Waals surface area contributed by atoms with E-state index in [1.165, 1.54) is 11.3 Å². The van der Waals surface area contributed by atoms with Crippen LogP contribution in [0.5, 0.6) is 5.75 Å². The molecule has 0 aliphatic heterocycles. The summed E-state index contributed by atoms with van der Waals surface area (Å²) < 4.78 is 5.55. The van der Waals surface area contributed by atoms with E-state index in [0.717, 1.165) is 17.8 Å². The Bertz CT molecular complexity index is 533. The molecule has 0 aliphatic carbocycles. The second-order valence-corrected chi connectivity index (χ2v) is 5.50. The fraction of sp³-hybridized carbons (Fsp3) is 0.273. The predicted molar refractivity (Wildman–Crippen MR) is 74.6 cm³/mol. The molecule has 7 heteroatoms. The number of nitrogens with two attached hydrogens (primary N) is 1. The Labute approximate surface area is 119 Å². The normalized spacial score (nSPS) is 10.6. The molecule has 0 radical (unpaired) electrons. The van der Waals surface area contributed by atoms with Crippen molar-refractivity contribution in [1.82, 2.24) is 10.2 Å². The maximum atomic E-state index is 5.98. The maximum Gasteiger partial charge on any atom is 0.203 e. The summed E-state index contributed by atoms with van der Waals surface area (Å²) in [7, 11) is 0. The van der Waals surface area contributed by atoms with Crippen LogP contribution in [-0.2, 0) is 6.42 Å². The zero-order valence-electron chi connectivity index (χ0n) is 9.40. The van der Waals surface area contributed by atoms with Gasteiger partial charge in [0, 0.05) is 11.4 Å². The maximum absolute atomic E-state index is 5.98. The second-order valence-electron chi connectivity index (χ2n) is 3.56. The Morgan fingerprint density at radius 3 is 2.78 bits per heavy atom. The molecule has 0 saturated carbocycles. The summed E-state index contributed by atoms with van der Waals surface area (Å²) in [6.07, 6.45) is 1.62. The van der Waals surface area contributed by atoms with Crippen molar-refractivity contribution >= 4 is 39.7 Å². The molecule has 0 fully saturated rings. The van der Waals surface area contributed by atoms with Crippen molar-refractivity contribution in [2.45, 2.75) is 12.8 Å². The number of rotatable bonds is 5. The molecule has 0 unspecified atom stereocenters. The van der Waals surface area contributed by atoms with Gasteiger partial charge in [-0.15, -0.1) is 10.2 Å². The van der Waals surface area contributed by atoms with Gasteiger partial charge in [0.25, 0.3) is 0 Å². The first-order valence-corrected chi connectivity index (χ1v) is 6.88. The van der Waals surface area contributed by atoms with Crippen LogP contribution in [0.15, 0.2) is 18.2 Å². The standard InChI is InChI=1S/C11H11Cl2N3OS/c12-7-3-4-9(8(13)6-7)17-5-1-2-10-15-16-11(14)18-10/h3-4,6H,1-2,5H2,(H2,14,16). The minimum Gasteiger partial charge on any atom is -0.492 e. The molecule has 96 valence electrons. The largest absolute Gasteiger partial charge is 0.492 e. The van der Waals surface area contributed by atoms with Gasteiger partial charge in [0.1, 0.15) is 10.8 Å². The number of hydrogen-bond acceptors (Lipinski definition) is 5. The van der Waals surface area contributed by atoms with Gasteiger partial charge in [0.2, 0.25) is 5.13 Å². The van der Waals surface area contributed by atoms with Crippen LogP contribution in [-0.4, -0.2) is 16.8 Å². The molecule has 2 rings (SSSR count). The van der Waals surface area contributed by atoms with Crippen LogP contribution in [0.2, 0.25) is 10.0 Å². The molecule has 4 nitrogen and oxygen atoms in total. The summed E-state index contributed by atoms with van der Waals surface area (Å²) in [5, 5.41) is 10.2. The Kier molecular flexibility index (Phi) is 4.63. The summed E-state index contributed by atoms with van der Waals surface area (Å²) in [5.74, 6) is 0.637. The van der Waals surface area contributed by atoms with Crippen LogP contribution >= 0.6 is 34.5 Å². The highest BCUT2D eigenvalue weighted by molar-refractivity contribution is 7.15. The number of benzene rings is 1. The van der Waals surface area contributed by atoms with Gasteiger partial charge in [-0.2, -0.15) is 0 Å². The topological polar surface area (TPSA) is 61.0 Å². The molecule has 1 aromatic heterocycles. The van der Waals surface area contributed by atoms with E-state index in [1.54, 1.807) is 18.2 Å². The van der Waals surface area contributed by atoms with E-state index in [0.29, 0.717) is 27.5 Å². The molecule has 2 N–H and O–H groups in total. The second kappa shape index (κ2) is 6.22. The minimum atomic E-state index is 0.492. The van der Waals surface area contributed by atoms with Crippen molar-refractivity contribution in [3.63, 3.8) is 0 Å². The Morgan fingerprint density at radius 2 is 2.11 bits per heavy atom. The van der Waals surface area contributed by atoms with Crippen molar-refractivity contribution in [3.8, 4) is 5.75 Å². The van der Waals surface area contributed by atoms with Gasteiger partial charge < -0.3 is 10.5 Å². The number of halogens is 2. The van der Waals surface area contributed by atoms with E-state index >= 15 is 0 Å². The van der Waals surface area contributed by atoms with E-state index in [9.17, 15) is 0 Å². The number of nitrogens with zero attached hydrogens (tertiary/aromatic N) is 2. The highest BCUT2D eigenvalue weighted by Crippen LogP contribution is 2.27. The number of ether oxygens (including phenoxy) is 1. The first-order valence-electron chi connectivity index (χ1n) is 5.31. The number of hydrogen-bond donors (Lipinski definition) is 1. The van der Waals surface area contributed by atoms with E-state index in [4.69, 9.17) is 33.7 Å². The third-order valence-electron chi connectivity index (χ3n) is 2.17. The fourth-order valence-electron chi connectivity index (χ4n) is 1.37. The van der Waals surface area contributed by atoms with Crippen LogP contribution < -0.4 is 10.5 Å². The van der Waals surface area contributed by atoms with E-state index < -0.39 is 0 Å². The molecule has 0 spiro atoms. The van der Waals surface area contributed by atoms with E-state index in [-0.39, 0.29) is 0 Å². The molecule has 0 bridgehead atoms. The smallest absolute Gasteiger partial charge is 0.203 e. The monoisotopic (exact) mass is 303 g/mol. The lowest BCUT2D eigenvalue weighted by Gasteiger charge is -2.07. The Morgan fingerprint density at radius 1 is 1.28 bits per heavy atom. The van der Waals surface area contributed by atoms with Crippen molar-refractivity contribution in [2.24, 2.45) is 0 Å². The molecule has 1 heterocycles. The molecule has 2 aromatic rings. The third kappa shape index (κ3) is 3.73. The van der Waals surface area contributed by atoms with Crippen molar-refractivity contribution < 1.29 is 4.74 Å².